The summed E-state index contributed by atoms with van der Waals surface area (Å²) in [6.45, 7) is 1.25. The van der Waals surface area contributed by atoms with E-state index in [0.717, 1.165) is 21.0 Å². The highest BCUT2D eigenvalue weighted by Gasteiger charge is 2.05. The molecule has 0 aliphatic carbocycles. The minimum Gasteiger partial charge on any atom is -0.394 e. The van der Waals surface area contributed by atoms with Gasteiger partial charge in [-0.05, 0) is 29.8 Å². The lowest BCUT2D eigenvalue weighted by molar-refractivity contribution is 0.269. The number of benzene rings is 1. The number of nitrogens with zero attached hydrogens (tertiary/aromatic N) is 2. The fourth-order valence-electron chi connectivity index (χ4n) is 2.14. The Balaban J connectivity index is 1.64. The van der Waals surface area contributed by atoms with Crippen molar-refractivity contribution < 1.29 is 9.50 Å². The van der Waals surface area contributed by atoms with Gasteiger partial charge in [-0.3, -0.25) is 4.68 Å². The number of aromatic nitrogens is 2. The van der Waals surface area contributed by atoms with Gasteiger partial charge in [0.1, 0.15) is 5.82 Å². The van der Waals surface area contributed by atoms with Crippen LogP contribution in [0.2, 0.25) is 0 Å². The van der Waals surface area contributed by atoms with Gasteiger partial charge in [-0.25, -0.2) is 4.39 Å². The molecule has 6 heteroatoms. The van der Waals surface area contributed by atoms with Crippen LogP contribution in [0.15, 0.2) is 48.8 Å². The fourth-order valence-corrected chi connectivity index (χ4v) is 3.08. The zero-order valence-electron chi connectivity index (χ0n) is 11.9. The quantitative estimate of drug-likeness (QED) is 0.733. The van der Waals surface area contributed by atoms with E-state index in [9.17, 15) is 4.39 Å². The standard InChI is InChI=1S/C16H16FN3OS/c17-13-3-1-2-12(8-13)16-5-4-15(22-16)10-18-14-9-19-20(11-14)6-7-21/h1-5,8-9,11,18,21H,6-7,10H2. The van der Waals surface area contributed by atoms with Gasteiger partial charge in [-0.1, -0.05) is 12.1 Å². The number of anilines is 1. The largest absolute Gasteiger partial charge is 0.394 e. The molecule has 2 N–H and O–H groups in total. The van der Waals surface area contributed by atoms with E-state index in [-0.39, 0.29) is 12.4 Å². The highest BCUT2D eigenvalue weighted by Crippen LogP contribution is 2.28. The van der Waals surface area contributed by atoms with Gasteiger partial charge in [0.2, 0.25) is 0 Å². The molecule has 0 spiro atoms. The molecule has 0 aliphatic rings. The fraction of sp³-hybridized carbons (Fsp3) is 0.188. The molecule has 3 aromatic rings. The molecule has 0 aliphatic heterocycles. The Bertz CT molecular complexity index is 753. The van der Waals surface area contributed by atoms with Crippen molar-refractivity contribution in [3.05, 3.63) is 59.5 Å². The van der Waals surface area contributed by atoms with Crippen LogP contribution in [0.1, 0.15) is 4.88 Å². The van der Waals surface area contributed by atoms with Crippen LogP contribution in [0, 0.1) is 5.82 Å². The minimum absolute atomic E-state index is 0.0725. The summed E-state index contributed by atoms with van der Waals surface area (Å²) >= 11 is 1.63. The molecule has 1 aromatic carbocycles. The summed E-state index contributed by atoms with van der Waals surface area (Å²) in [6, 6.07) is 10.7. The molecule has 3 rings (SSSR count). The van der Waals surface area contributed by atoms with Crippen molar-refractivity contribution in [3.63, 3.8) is 0 Å². The summed E-state index contributed by atoms with van der Waals surface area (Å²) < 4.78 is 14.9. The number of aliphatic hydroxyl groups is 1. The van der Waals surface area contributed by atoms with E-state index in [1.165, 1.54) is 6.07 Å². The lowest BCUT2D eigenvalue weighted by Gasteiger charge is -2.01. The molecular weight excluding hydrogens is 301 g/mol. The molecule has 0 amide bonds. The Morgan fingerprint density at radius 1 is 1.27 bits per heavy atom. The summed E-state index contributed by atoms with van der Waals surface area (Å²) in [4.78, 5) is 2.21. The summed E-state index contributed by atoms with van der Waals surface area (Å²) in [6.07, 6.45) is 3.59. The summed E-state index contributed by atoms with van der Waals surface area (Å²) in [5.74, 6) is -0.220. The first-order valence-corrected chi connectivity index (χ1v) is 7.78. The van der Waals surface area contributed by atoms with E-state index >= 15 is 0 Å². The van der Waals surface area contributed by atoms with E-state index in [0.29, 0.717) is 13.1 Å². The molecule has 0 saturated heterocycles. The minimum atomic E-state index is -0.220. The summed E-state index contributed by atoms with van der Waals surface area (Å²) in [5, 5.41) is 16.3. The van der Waals surface area contributed by atoms with Gasteiger partial charge < -0.3 is 10.4 Å². The number of thiophene rings is 1. The number of hydrogen-bond acceptors (Lipinski definition) is 4. The average Bonchev–Trinajstić information content (AvgIpc) is 3.15. The third kappa shape index (κ3) is 3.52. The summed E-state index contributed by atoms with van der Waals surface area (Å²) in [7, 11) is 0. The van der Waals surface area contributed by atoms with Crippen LogP contribution in [0.5, 0.6) is 0 Å². The number of hydrogen-bond donors (Lipinski definition) is 2. The molecule has 0 fully saturated rings. The van der Waals surface area contributed by atoms with Crippen LogP contribution in [0.3, 0.4) is 0 Å². The van der Waals surface area contributed by atoms with Gasteiger partial charge in [0, 0.05) is 22.5 Å². The van der Waals surface area contributed by atoms with Crippen LogP contribution in [0.4, 0.5) is 10.1 Å². The van der Waals surface area contributed by atoms with Crippen LogP contribution in [0.25, 0.3) is 10.4 Å². The smallest absolute Gasteiger partial charge is 0.123 e. The Morgan fingerprint density at radius 2 is 2.18 bits per heavy atom. The van der Waals surface area contributed by atoms with Crippen molar-refractivity contribution in [2.75, 3.05) is 11.9 Å². The predicted molar refractivity (Wildman–Crippen MR) is 86.4 cm³/mol. The van der Waals surface area contributed by atoms with Crippen molar-refractivity contribution in [3.8, 4) is 10.4 Å². The first kappa shape index (κ1) is 14.7. The normalized spacial score (nSPS) is 10.8. The zero-order valence-corrected chi connectivity index (χ0v) is 12.7. The lowest BCUT2D eigenvalue weighted by Crippen LogP contribution is -2.01. The number of halogens is 1. The van der Waals surface area contributed by atoms with Crippen molar-refractivity contribution in [1.82, 2.24) is 9.78 Å². The molecule has 0 atom stereocenters. The molecule has 0 unspecified atom stereocenters. The van der Waals surface area contributed by atoms with Crippen LogP contribution in [-0.4, -0.2) is 21.5 Å². The maximum absolute atomic E-state index is 13.3. The molecule has 0 radical (unpaired) electrons. The highest BCUT2D eigenvalue weighted by atomic mass is 32.1. The Labute approximate surface area is 131 Å². The van der Waals surface area contributed by atoms with E-state index < -0.39 is 0 Å². The third-order valence-corrected chi connectivity index (χ3v) is 4.33. The highest BCUT2D eigenvalue weighted by molar-refractivity contribution is 7.15. The Kier molecular flexibility index (Phi) is 4.50. The monoisotopic (exact) mass is 317 g/mol. The maximum atomic E-state index is 13.3. The van der Waals surface area contributed by atoms with Crippen molar-refractivity contribution in [1.29, 1.82) is 0 Å². The third-order valence-electron chi connectivity index (χ3n) is 3.20. The van der Waals surface area contributed by atoms with Crippen molar-refractivity contribution in [2.24, 2.45) is 0 Å². The second-order valence-corrected chi connectivity index (χ2v) is 6.01. The molecule has 2 aromatic heterocycles. The summed E-state index contributed by atoms with van der Waals surface area (Å²) in [5.41, 5.74) is 1.81. The molecule has 0 bridgehead atoms. The number of aliphatic hydroxyl groups excluding tert-OH is 1. The molecule has 0 saturated carbocycles. The SMILES string of the molecule is OCCn1cc(NCc2ccc(-c3cccc(F)c3)s2)cn1. The van der Waals surface area contributed by atoms with Gasteiger partial charge in [0.05, 0.1) is 25.0 Å². The van der Waals surface area contributed by atoms with Crippen LogP contribution in [-0.2, 0) is 13.1 Å². The lowest BCUT2D eigenvalue weighted by atomic mass is 10.2. The van der Waals surface area contributed by atoms with E-state index in [4.69, 9.17) is 5.11 Å². The molecule has 2 heterocycles. The average molecular weight is 317 g/mol. The molecule has 114 valence electrons. The molecule has 4 nitrogen and oxygen atoms in total. The van der Waals surface area contributed by atoms with E-state index in [1.807, 2.05) is 24.4 Å². The first-order valence-electron chi connectivity index (χ1n) is 6.96. The Morgan fingerprint density at radius 3 is 3.00 bits per heavy atom. The van der Waals surface area contributed by atoms with Crippen LogP contribution >= 0.6 is 11.3 Å². The number of rotatable bonds is 6. The maximum Gasteiger partial charge on any atom is 0.123 e. The Hall–Kier alpha value is -2.18. The van der Waals surface area contributed by atoms with E-state index in [2.05, 4.69) is 10.4 Å². The van der Waals surface area contributed by atoms with Crippen molar-refractivity contribution in [2.45, 2.75) is 13.1 Å². The zero-order chi connectivity index (χ0) is 15.4. The molecular formula is C16H16FN3OS. The van der Waals surface area contributed by atoms with Gasteiger partial charge in [-0.15, -0.1) is 11.3 Å². The van der Waals surface area contributed by atoms with Gasteiger partial charge >= 0.3 is 0 Å². The van der Waals surface area contributed by atoms with Crippen molar-refractivity contribution >= 4 is 17.0 Å². The predicted octanol–water partition coefficient (Wildman–Crippen LogP) is 3.36. The van der Waals surface area contributed by atoms with Crippen LogP contribution < -0.4 is 5.32 Å². The first-order chi connectivity index (χ1) is 10.7. The second kappa shape index (κ2) is 6.72. The van der Waals surface area contributed by atoms with Gasteiger partial charge in [0.25, 0.3) is 0 Å². The topological polar surface area (TPSA) is 50.1 Å². The van der Waals surface area contributed by atoms with Gasteiger partial charge in [0.15, 0.2) is 0 Å². The molecule has 22 heavy (non-hydrogen) atoms. The number of nitrogens with one attached hydrogen (secondary N) is 1. The van der Waals surface area contributed by atoms with E-state index in [1.54, 1.807) is 34.3 Å². The van der Waals surface area contributed by atoms with Gasteiger partial charge in [-0.2, -0.15) is 5.10 Å². The second-order valence-electron chi connectivity index (χ2n) is 4.85.